The zero-order valence-corrected chi connectivity index (χ0v) is 19.0. The molecule has 0 bridgehead atoms. The minimum atomic E-state index is -0.699. The summed E-state index contributed by atoms with van der Waals surface area (Å²) in [5, 5.41) is 11.2. The number of carbonyl (C=O) groups is 2. The van der Waals surface area contributed by atoms with E-state index in [0.717, 1.165) is 24.8 Å². The lowest BCUT2D eigenvalue weighted by molar-refractivity contribution is -0.139. The molecule has 7 heteroatoms. The van der Waals surface area contributed by atoms with Gasteiger partial charge in [0.25, 0.3) is 11.7 Å². The molecule has 0 radical (unpaired) electrons. The number of ketones is 1. The first-order valence-electron chi connectivity index (χ1n) is 11.5. The molecule has 0 saturated carbocycles. The molecule has 1 fully saturated rings. The van der Waals surface area contributed by atoms with Crippen molar-refractivity contribution in [3.63, 3.8) is 0 Å². The summed E-state index contributed by atoms with van der Waals surface area (Å²) in [7, 11) is 0. The van der Waals surface area contributed by atoms with Crippen LogP contribution in [-0.4, -0.2) is 48.1 Å². The minimum absolute atomic E-state index is 0.0698. The predicted molar refractivity (Wildman–Crippen MR) is 124 cm³/mol. The fraction of sp³-hybridized carbons (Fsp3) is 0.385. The fourth-order valence-corrected chi connectivity index (χ4v) is 4.13. The van der Waals surface area contributed by atoms with E-state index in [1.807, 2.05) is 38.1 Å². The molecule has 174 valence electrons. The largest absolute Gasteiger partial charge is 0.507 e. The molecule has 1 amide bonds. The second-order valence-electron chi connectivity index (χ2n) is 8.13. The molecule has 2 heterocycles. The van der Waals surface area contributed by atoms with Crippen molar-refractivity contribution in [1.82, 2.24) is 4.90 Å². The van der Waals surface area contributed by atoms with Crippen LogP contribution in [0.15, 0.2) is 48.0 Å². The average Bonchev–Trinajstić information content (AvgIpc) is 3.10. The average molecular weight is 452 g/mol. The number of fused-ring (bicyclic) bond motifs is 1. The van der Waals surface area contributed by atoms with E-state index in [1.54, 1.807) is 23.1 Å². The van der Waals surface area contributed by atoms with Gasteiger partial charge >= 0.3 is 0 Å². The van der Waals surface area contributed by atoms with Crippen LogP contribution in [-0.2, 0) is 9.59 Å². The molecule has 2 aromatic carbocycles. The van der Waals surface area contributed by atoms with Crippen LogP contribution in [0.2, 0.25) is 0 Å². The molecule has 1 unspecified atom stereocenters. The van der Waals surface area contributed by atoms with Crippen LogP contribution in [0.4, 0.5) is 0 Å². The van der Waals surface area contributed by atoms with Gasteiger partial charge < -0.3 is 24.2 Å². The molecule has 33 heavy (non-hydrogen) atoms. The Hall–Kier alpha value is -3.48. The number of benzene rings is 2. The fourth-order valence-electron chi connectivity index (χ4n) is 4.13. The predicted octanol–water partition coefficient (Wildman–Crippen LogP) is 4.47. The van der Waals surface area contributed by atoms with Crippen molar-refractivity contribution in [2.24, 2.45) is 0 Å². The van der Waals surface area contributed by atoms with Crippen molar-refractivity contribution in [3.05, 3.63) is 59.2 Å². The highest BCUT2D eigenvalue weighted by molar-refractivity contribution is 6.46. The van der Waals surface area contributed by atoms with Gasteiger partial charge in [0.1, 0.15) is 24.7 Å². The van der Waals surface area contributed by atoms with Gasteiger partial charge in [-0.05, 0) is 48.7 Å². The lowest BCUT2D eigenvalue weighted by Crippen LogP contribution is -2.30. The second kappa shape index (κ2) is 9.98. The number of nitrogens with zero attached hydrogens (tertiary/aromatic N) is 1. The van der Waals surface area contributed by atoms with Crippen molar-refractivity contribution >= 4 is 17.4 Å². The highest BCUT2D eigenvalue weighted by Crippen LogP contribution is 2.41. The topological polar surface area (TPSA) is 85.3 Å². The van der Waals surface area contributed by atoms with Gasteiger partial charge in [-0.1, -0.05) is 32.4 Å². The van der Waals surface area contributed by atoms with E-state index in [4.69, 9.17) is 14.2 Å². The second-order valence-corrected chi connectivity index (χ2v) is 8.13. The Balaban J connectivity index is 1.80. The zero-order valence-electron chi connectivity index (χ0n) is 19.0. The highest BCUT2D eigenvalue weighted by atomic mass is 16.6. The number of hydrogen-bond acceptors (Lipinski definition) is 6. The molecule has 2 aromatic rings. The summed E-state index contributed by atoms with van der Waals surface area (Å²) in [6.45, 7) is 5.90. The molecule has 0 aromatic heterocycles. The van der Waals surface area contributed by atoms with Crippen molar-refractivity contribution in [3.8, 4) is 17.2 Å². The first kappa shape index (κ1) is 22.7. The molecule has 1 N–H and O–H groups in total. The van der Waals surface area contributed by atoms with Crippen LogP contribution in [0.1, 0.15) is 50.3 Å². The standard InChI is InChI=1S/C26H29NO6/c1-3-5-11-27-23(17-7-6-8-19(15-17)31-12-4-2)22(25(29)26(27)30)24(28)18-9-10-20-21(16-18)33-14-13-32-20/h6-10,15-16,23,28H,3-5,11-14H2,1-2H3/b24-22-. The van der Waals surface area contributed by atoms with Crippen LogP contribution in [0, 0.1) is 0 Å². The third-order valence-electron chi connectivity index (χ3n) is 5.75. The summed E-state index contributed by atoms with van der Waals surface area (Å²) in [6.07, 6.45) is 2.49. The van der Waals surface area contributed by atoms with E-state index in [2.05, 4.69) is 0 Å². The SMILES string of the molecule is CCCCN1C(=O)C(=O)/C(=C(\O)c2ccc3c(c2)OCCO3)C1c1cccc(OCCC)c1. The van der Waals surface area contributed by atoms with E-state index in [-0.39, 0.29) is 11.3 Å². The number of carbonyl (C=O) groups excluding carboxylic acids is 2. The number of aliphatic hydroxyl groups excluding tert-OH is 1. The van der Waals surface area contributed by atoms with Gasteiger partial charge in [0, 0.05) is 12.1 Å². The number of amides is 1. The number of aliphatic hydroxyl groups is 1. The number of ether oxygens (including phenoxy) is 3. The monoisotopic (exact) mass is 451 g/mol. The summed E-state index contributed by atoms with van der Waals surface area (Å²) in [4.78, 5) is 27.7. The van der Waals surface area contributed by atoms with Crippen molar-refractivity contribution in [2.45, 2.75) is 39.2 Å². The lowest BCUT2D eigenvalue weighted by atomic mass is 9.95. The van der Waals surface area contributed by atoms with E-state index in [0.29, 0.717) is 49.2 Å². The van der Waals surface area contributed by atoms with Crippen molar-refractivity contribution in [2.75, 3.05) is 26.4 Å². The minimum Gasteiger partial charge on any atom is -0.507 e. The van der Waals surface area contributed by atoms with E-state index in [1.165, 1.54) is 0 Å². The quantitative estimate of drug-likeness (QED) is 0.362. The van der Waals surface area contributed by atoms with Gasteiger partial charge in [0.2, 0.25) is 0 Å². The molecule has 1 saturated heterocycles. The van der Waals surface area contributed by atoms with Gasteiger partial charge in [0.15, 0.2) is 11.5 Å². The first-order valence-corrected chi connectivity index (χ1v) is 11.5. The normalized spacial score (nSPS) is 19.1. The van der Waals surface area contributed by atoms with Crippen LogP contribution < -0.4 is 14.2 Å². The number of likely N-dealkylation sites (tertiary alicyclic amines) is 1. The molecule has 1 atom stereocenters. The Morgan fingerprint density at radius 3 is 2.61 bits per heavy atom. The van der Waals surface area contributed by atoms with Crippen LogP contribution in [0.3, 0.4) is 0 Å². The van der Waals surface area contributed by atoms with Crippen LogP contribution in [0.5, 0.6) is 17.2 Å². The Labute approximate surface area is 193 Å². The summed E-state index contributed by atoms with van der Waals surface area (Å²) < 4.78 is 17.0. The maximum Gasteiger partial charge on any atom is 0.295 e. The first-order chi connectivity index (χ1) is 16.0. The van der Waals surface area contributed by atoms with Gasteiger partial charge in [-0.15, -0.1) is 0 Å². The Morgan fingerprint density at radius 2 is 1.85 bits per heavy atom. The molecule has 2 aliphatic heterocycles. The number of unbranched alkanes of at least 4 members (excludes halogenated alkanes) is 1. The van der Waals surface area contributed by atoms with E-state index in [9.17, 15) is 14.7 Å². The number of rotatable bonds is 8. The molecule has 4 rings (SSSR count). The maximum atomic E-state index is 13.1. The third-order valence-corrected chi connectivity index (χ3v) is 5.75. The number of hydrogen-bond donors (Lipinski definition) is 1. The molecule has 7 nitrogen and oxygen atoms in total. The maximum absolute atomic E-state index is 13.1. The third kappa shape index (κ3) is 4.53. The van der Waals surface area contributed by atoms with Crippen LogP contribution >= 0.6 is 0 Å². The van der Waals surface area contributed by atoms with Gasteiger partial charge in [0.05, 0.1) is 18.2 Å². The van der Waals surface area contributed by atoms with Gasteiger partial charge in [-0.25, -0.2) is 0 Å². The lowest BCUT2D eigenvalue weighted by Gasteiger charge is -2.25. The Kier molecular flexibility index (Phi) is 6.87. The van der Waals surface area contributed by atoms with E-state index >= 15 is 0 Å². The molecule has 2 aliphatic rings. The molecule has 0 aliphatic carbocycles. The van der Waals surface area contributed by atoms with Crippen molar-refractivity contribution in [1.29, 1.82) is 0 Å². The smallest absolute Gasteiger partial charge is 0.295 e. The summed E-state index contributed by atoms with van der Waals surface area (Å²) in [5.74, 6) is 0.218. The van der Waals surface area contributed by atoms with Gasteiger partial charge in [-0.2, -0.15) is 0 Å². The molecular weight excluding hydrogens is 422 g/mol. The summed E-state index contributed by atoms with van der Waals surface area (Å²) in [5.41, 5.74) is 1.19. The zero-order chi connectivity index (χ0) is 23.4. The highest BCUT2D eigenvalue weighted by Gasteiger charge is 2.45. The van der Waals surface area contributed by atoms with Crippen molar-refractivity contribution < 1.29 is 28.9 Å². The molecular formula is C26H29NO6. The number of Topliss-reactive ketones (excluding diaryl/α,β-unsaturated/α-hetero) is 1. The summed E-state index contributed by atoms with van der Waals surface area (Å²) >= 11 is 0. The molecule has 0 spiro atoms. The Bertz CT molecular complexity index is 1080. The van der Waals surface area contributed by atoms with Crippen LogP contribution in [0.25, 0.3) is 5.76 Å². The van der Waals surface area contributed by atoms with E-state index < -0.39 is 17.7 Å². The summed E-state index contributed by atoms with van der Waals surface area (Å²) in [6, 6.07) is 11.7. The van der Waals surface area contributed by atoms with Gasteiger partial charge in [-0.3, -0.25) is 9.59 Å². The Morgan fingerprint density at radius 1 is 1.06 bits per heavy atom.